The lowest BCUT2D eigenvalue weighted by Crippen LogP contribution is -2.45. The molecule has 0 aromatic heterocycles. The van der Waals surface area contributed by atoms with Crippen molar-refractivity contribution < 1.29 is 14.3 Å². The zero-order chi connectivity index (χ0) is 17.6. The summed E-state index contributed by atoms with van der Waals surface area (Å²) in [6.07, 6.45) is 1.50. The molecule has 1 unspecified atom stereocenters. The van der Waals surface area contributed by atoms with E-state index < -0.39 is 6.04 Å². The molecule has 2 amide bonds. The quantitative estimate of drug-likeness (QED) is 0.912. The van der Waals surface area contributed by atoms with Crippen LogP contribution in [0.3, 0.4) is 0 Å². The van der Waals surface area contributed by atoms with Gasteiger partial charge in [0.25, 0.3) is 5.91 Å². The second-order valence-electron chi connectivity index (χ2n) is 6.21. The molecular weight excluding hydrogens is 316 g/mol. The molecule has 0 bridgehead atoms. The minimum absolute atomic E-state index is 0.0570. The monoisotopic (exact) mass is 338 g/mol. The molecule has 1 atom stereocenters. The fourth-order valence-corrected chi connectivity index (χ4v) is 3.02. The number of amides is 2. The maximum atomic E-state index is 12.5. The number of hydrogen-bond acceptors (Lipinski definition) is 3. The van der Waals surface area contributed by atoms with Crippen LogP contribution in [0.15, 0.2) is 54.6 Å². The third-order valence-corrected chi connectivity index (χ3v) is 4.27. The number of rotatable bonds is 5. The van der Waals surface area contributed by atoms with Gasteiger partial charge in [0.2, 0.25) is 5.91 Å². The van der Waals surface area contributed by atoms with Gasteiger partial charge in [-0.3, -0.25) is 9.59 Å². The molecule has 3 rings (SSSR count). The van der Waals surface area contributed by atoms with Crippen LogP contribution in [0, 0.1) is 6.92 Å². The Morgan fingerprint density at radius 1 is 1.16 bits per heavy atom. The number of aryl methyl sites for hydroxylation is 1. The molecule has 2 aromatic rings. The topological polar surface area (TPSA) is 58.6 Å². The molecule has 130 valence electrons. The summed E-state index contributed by atoms with van der Waals surface area (Å²) in [6.45, 7) is 2.50. The molecule has 0 saturated carbocycles. The van der Waals surface area contributed by atoms with Crippen molar-refractivity contribution in [2.24, 2.45) is 0 Å². The van der Waals surface area contributed by atoms with Crippen molar-refractivity contribution in [3.05, 3.63) is 60.2 Å². The summed E-state index contributed by atoms with van der Waals surface area (Å²) in [7, 11) is 0. The Bertz CT molecular complexity index is 746. The second kappa shape index (κ2) is 7.83. The third-order valence-electron chi connectivity index (χ3n) is 4.27. The van der Waals surface area contributed by atoms with E-state index in [9.17, 15) is 9.59 Å². The van der Waals surface area contributed by atoms with E-state index in [0.717, 1.165) is 17.7 Å². The summed E-state index contributed by atoms with van der Waals surface area (Å²) in [6, 6.07) is 16.4. The molecule has 1 heterocycles. The first-order chi connectivity index (χ1) is 12.1. The van der Waals surface area contributed by atoms with Crippen LogP contribution in [0.25, 0.3) is 0 Å². The highest BCUT2D eigenvalue weighted by atomic mass is 16.5. The summed E-state index contributed by atoms with van der Waals surface area (Å²) in [4.78, 5) is 26.6. The van der Waals surface area contributed by atoms with Crippen molar-refractivity contribution in [3.8, 4) is 5.75 Å². The number of nitrogens with one attached hydrogen (secondary N) is 1. The van der Waals surface area contributed by atoms with Gasteiger partial charge >= 0.3 is 0 Å². The molecule has 0 spiro atoms. The Hall–Kier alpha value is -2.82. The zero-order valence-corrected chi connectivity index (χ0v) is 14.3. The van der Waals surface area contributed by atoms with Crippen molar-refractivity contribution in [2.75, 3.05) is 18.5 Å². The summed E-state index contributed by atoms with van der Waals surface area (Å²) in [5, 5.41) is 2.88. The van der Waals surface area contributed by atoms with E-state index in [1.54, 1.807) is 4.90 Å². The first-order valence-corrected chi connectivity index (χ1v) is 8.48. The lowest BCUT2D eigenvalue weighted by atomic mass is 10.2. The fraction of sp³-hybridized carbons (Fsp3) is 0.300. The molecule has 1 N–H and O–H groups in total. The fourth-order valence-electron chi connectivity index (χ4n) is 3.02. The largest absolute Gasteiger partial charge is 0.484 e. The van der Waals surface area contributed by atoms with Crippen molar-refractivity contribution in [1.82, 2.24) is 4.90 Å². The first kappa shape index (κ1) is 17.0. The highest BCUT2D eigenvalue weighted by Gasteiger charge is 2.34. The molecule has 1 saturated heterocycles. The van der Waals surface area contributed by atoms with Gasteiger partial charge in [0.15, 0.2) is 6.61 Å². The van der Waals surface area contributed by atoms with Crippen LogP contribution < -0.4 is 10.1 Å². The van der Waals surface area contributed by atoms with Crippen LogP contribution in [0.4, 0.5) is 5.69 Å². The van der Waals surface area contributed by atoms with E-state index in [1.165, 1.54) is 0 Å². The van der Waals surface area contributed by atoms with Gasteiger partial charge in [-0.1, -0.05) is 30.3 Å². The number of likely N-dealkylation sites (tertiary alicyclic amines) is 1. The lowest BCUT2D eigenvalue weighted by Gasteiger charge is -2.24. The predicted molar refractivity (Wildman–Crippen MR) is 96.5 cm³/mol. The summed E-state index contributed by atoms with van der Waals surface area (Å²) in [5.41, 5.74) is 1.81. The second-order valence-corrected chi connectivity index (χ2v) is 6.21. The van der Waals surface area contributed by atoms with Crippen LogP contribution in [0.5, 0.6) is 5.75 Å². The molecule has 0 radical (unpaired) electrons. The van der Waals surface area contributed by atoms with E-state index in [0.29, 0.717) is 18.7 Å². The van der Waals surface area contributed by atoms with Gasteiger partial charge < -0.3 is 15.0 Å². The van der Waals surface area contributed by atoms with Gasteiger partial charge in [0, 0.05) is 12.2 Å². The van der Waals surface area contributed by atoms with Gasteiger partial charge in [0.05, 0.1) is 0 Å². The molecule has 5 heteroatoms. The number of para-hydroxylation sites is 1. The van der Waals surface area contributed by atoms with E-state index >= 15 is 0 Å². The van der Waals surface area contributed by atoms with E-state index in [2.05, 4.69) is 5.32 Å². The third kappa shape index (κ3) is 4.38. The SMILES string of the molecule is Cc1cccc(OCC(=O)N2CCCC2C(=O)Nc2ccccc2)c1. The van der Waals surface area contributed by atoms with Crippen LogP contribution in [-0.4, -0.2) is 35.9 Å². The molecule has 25 heavy (non-hydrogen) atoms. The minimum Gasteiger partial charge on any atom is -0.484 e. The Morgan fingerprint density at radius 3 is 2.72 bits per heavy atom. The molecule has 1 aliphatic heterocycles. The van der Waals surface area contributed by atoms with Gasteiger partial charge in [-0.05, 0) is 49.6 Å². The number of hydrogen-bond donors (Lipinski definition) is 1. The number of ether oxygens (including phenoxy) is 1. The first-order valence-electron chi connectivity index (χ1n) is 8.48. The highest BCUT2D eigenvalue weighted by molar-refractivity contribution is 5.97. The zero-order valence-electron chi connectivity index (χ0n) is 14.3. The van der Waals surface area contributed by atoms with Crippen LogP contribution in [0.1, 0.15) is 18.4 Å². The predicted octanol–water partition coefficient (Wildman–Crippen LogP) is 3.00. The standard InChI is InChI=1S/C20H22N2O3/c1-15-7-5-10-17(13-15)25-14-19(23)22-12-6-11-18(22)20(24)21-16-8-3-2-4-9-16/h2-5,7-10,13,18H,6,11-12,14H2,1H3,(H,21,24). The minimum atomic E-state index is -0.436. The number of nitrogens with zero attached hydrogens (tertiary/aromatic N) is 1. The molecule has 5 nitrogen and oxygen atoms in total. The molecule has 1 fully saturated rings. The number of carbonyl (C=O) groups excluding carboxylic acids is 2. The van der Waals surface area contributed by atoms with E-state index in [1.807, 2.05) is 61.5 Å². The Morgan fingerprint density at radius 2 is 1.96 bits per heavy atom. The van der Waals surface area contributed by atoms with Crippen molar-refractivity contribution in [2.45, 2.75) is 25.8 Å². The maximum Gasteiger partial charge on any atom is 0.261 e. The van der Waals surface area contributed by atoms with Crippen molar-refractivity contribution in [3.63, 3.8) is 0 Å². The van der Waals surface area contributed by atoms with Gasteiger partial charge in [-0.2, -0.15) is 0 Å². The van der Waals surface area contributed by atoms with Crippen molar-refractivity contribution >= 4 is 17.5 Å². The highest BCUT2D eigenvalue weighted by Crippen LogP contribution is 2.20. The van der Waals surface area contributed by atoms with Gasteiger partial charge in [-0.25, -0.2) is 0 Å². The van der Waals surface area contributed by atoms with Crippen LogP contribution >= 0.6 is 0 Å². The number of carbonyl (C=O) groups is 2. The van der Waals surface area contributed by atoms with Crippen molar-refractivity contribution in [1.29, 1.82) is 0 Å². The number of anilines is 1. The molecule has 1 aliphatic rings. The maximum absolute atomic E-state index is 12.5. The Balaban J connectivity index is 1.58. The normalized spacial score (nSPS) is 16.5. The molecular formula is C20H22N2O3. The molecule has 0 aliphatic carbocycles. The van der Waals surface area contributed by atoms with Crippen LogP contribution in [-0.2, 0) is 9.59 Å². The smallest absolute Gasteiger partial charge is 0.261 e. The average Bonchev–Trinajstić information content (AvgIpc) is 3.11. The number of benzene rings is 2. The lowest BCUT2D eigenvalue weighted by molar-refractivity contribution is -0.138. The van der Waals surface area contributed by atoms with Gasteiger partial charge in [-0.15, -0.1) is 0 Å². The van der Waals surface area contributed by atoms with Gasteiger partial charge in [0.1, 0.15) is 11.8 Å². The van der Waals surface area contributed by atoms with E-state index in [-0.39, 0.29) is 18.4 Å². The van der Waals surface area contributed by atoms with E-state index in [4.69, 9.17) is 4.74 Å². The Kier molecular flexibility index (Phi) is 5.33. The average molecular weight is 338 g/mol. The summed E-state index contributed by atoms with van der Waals surface area (Å²) >= 11 is 0. The molecule has 2 aromatic carbocycles. The summed E-state index contributed by atoms with van der Waals surface area (Å²) in [5.74, 6) is 0.359. The summed E-state index contributed by atoms with van der Waals surface area (Å²) < 4.78 is 5.58. The Labute approximate surface area is 147 Å². The van der Waals surface area contributed by atoms with Crippen LogP contribution in [0.2, 0.25) is 0 Å².